The van der Waals surface area contributed by atoms with Crippen molar-refractivity contribution >= 4 is 11.8 Å². The Kier molecular flexibility index (Phi) is 6.49. The van der Waals surface area contributed by atoms with E-state index in [1.807, 2.05) is 20.8 Å². The van der Waals surface area contributed by atoms with Crippen molar-refractivity contribution in [2.75, 3.05) is 5.32 Å². The number of hydrogen-bond acceptors (Lipinski definition) is 3. The van der Waals surface area contributed by atoms with Gasteiger partial charge in [-0.05, 0) is 82.9 Å². The van der Waals surface area contributed by atoms with Gasteiger partial charge in [0.2, 0.25) is 0 Å². The second kappa shape index (κ2) is 8.12. The molecule has 0 bridgehead atoms. The summed E-state index contributed by atoms with van der Waals surface area (Å²) in [5.41, 5.74) is 2.14. The maximum Gasteiger partial charge on any atom is 0.408 e. The number of rotatable bonds is 5. The van der Waals surface area contributed by atoms with Gasteiger partial charge in [0.25, 0.3) is 0 Å². The molecule has 1 aliphatic carbocycles. The van der Waals surface area contributed by atoms with Gasteiger partial charge in [-0.1, -0.05) is 32.9 Å². The van der Waals surface area contributed by atoms with E-state index in [-0.39, 0.29) is 17.0 Å². The van der Waals surface area contributed by atoms with Crippen molar-refractivity contribution in [3.05, 3.63) is 29.8 Å². The van der Waals surface area contributed by atoms with E-state index in [1.54, 1.807) is 0 Å². The van der Waals surface area contributed by atoms with E-state index in [9.17, 15) is 4.79 Å². The topological polar surface area (TPSA) is 50.4 Å². The van der Waals surface area contributed by atoms with Gasteiger partial charge in [-0.3, -0.25) is 0 Å². The Bertz CT molecular complexity index is 621. The standard InChI is InChI=1S/C23H38N2O2/c1-8-22(5,6)17-9-11-18(12-10-17)24-19-13-15-23(7,16-14-19)25-20(26)27-21(2,3)4/h9-12,19,24H,8,13-16H2,1-7H3,(H,25,26). The van der Waals surface area contributed by atoms with Crippen molar-refractivity contribution in [3.8, 4) is 0 Å². The fourth-order valence-corrected chi connectivity index (χ4v) is 3.53. The Labute approximate surface area is 165 Å². The summed E-state index contributed by atoms with van der Waals surface area (Å²) in [5, 5.41) is 6.74. The van der Waals surface area contributed by atoms with E-state index < -0.39 is 5.60 Å². The number of hydrogen-bond donors (Lipinski definition) is 2. The third kappa shape index (κ3) is 6.44. The highest BCUT2D eigenvalue weighted by molar-refractivity contribution is 5.68. The molecule has 4 nitrogen and oxygen atoms in total. The lowest BCUT2D eigenvalue weighted by atomic mass is 9.80. The lowest BCUT2D eigenvalue weighted by molar-refractivity contribution is 0.0436. The predicted octanol–water partition coefficient (Wildman–Crippen LogP) is 6.01. The average molecular weight is 375 g/mol. The summed E-state index contributed by atoms with van der Waals surface area (Å²) >= 11 is 0. The largest absolute Gasteiger partial charge is 0.444 e. The third-order valence-corrected chi connectivity index (χ3v) is 5.81. The first-order valence-corrected chi connectivity index (χ1v) is 10.3. The van der Waals surface area contributed by atoms with E-state index >= 15 is 0 Å². The van der Waals surface area contributed by atoms with Crippen LogP contribution in [0.2, 0.25) is 0 Å². The monoisotopic (exact) mass is 374 g/mol. The summed E-state index contributed by atoms with van der Waals surface area (Å²) in [6.45, 7) is 14.6. The number of nitrogens with one attached hydrogen (secondary N) is 2. The van der Waals surface area contributed by atoms with E-state index in [1.165, 1.54) is 11.3 Å². The summed E-state index contributed by atoms with van der Waals surface area (Å²) in [5.74, 6) is 0. The number of anilines is 1. The predicted molar refractivity (Wildman–Crippen MR) is 113 cm³/mol. The summed E-state index contributed by atoms with van der Waals surface area (Å²) in [6.07, 6.45) is 4.79. The minimum atomic E-state index is -0.461. The number of carbonyl (C=O) groups excluding carboxylic acids is 1. The second-order valence-corrected chi connectivity index (χ2v) is 9.92. The lowest BCUT2D eigenvalue weighted by Crippen LogP contribution is -2.51. The molecule has 1 amide bonds. The van der Waals surface area contributed by atoms with Crippen LogP contribution in [-0.2, 0) is 10.2 Å². The molecule has 0 unspecified atom stereocenters. The fraction of sp³-hybridized carbons (Fsp3) is 0.696. The Hall–Kier alpha value is -1.71. The van der Waals surface area contributed by atoms with Crippen molar-refractivity contribution in [2.45, 2.75) is 103 Å². The number of carbonyl (C=O) groups is 1. The van der Waals surface area contributed by atoms with Gasteiger partial charge in [-0.25, -0.2) is 4.79 Å². The molecule has 2 rings (SSSR count). The van der Waals surface area contributed by atoms with Crippen molar-refractivity contribution in [2.24, 2.45) is 0 Å². The smallest absolute Gasteiger partial charge is 0.408 e. The zero-order valence-electron chi connectivity index (χ0n) is 18.2. The fourth-order valence-electron chi connectivity index (χ4n) is 3.53. The Morgan fingerprint density at radius 2 is 1.67 bits per heavy atom. The van der Waals surface area contributed by atoms with Crippen LogP contribution >= 0.6 is 0 Å². The zero-order valence-corrected chi connectivity index (χ0v) is 18.2. The van der Waals surface area contributed by atoms with Gasteiger partial charge in [0, 0.05) is 17.3 Å². The molecule has 0 spiro atoms. The number of amides is 1. The molecule has 1 aliphatic rings. The Morgan fingerprint density at radius 1 is 1.11 bits per heavy atom. The Balaban J connectivity index is 1.86. The normalized spacial score (nSPS) is 23.6. The van der Waals surface area contributed by atoms with Gasteiger partial charge in [0.15, 0.2) is 0 Å². The molecule has 0 saturated heterocycles. The van der Waals surface area contributed by atoms with Crippen molar-refractivity contribution in [1.29, 1.82) is 0 Å². The highest BCUT2D eigenvalue weighted by atomic mass is 16.6. The molecule has 0 heterocycles. The maximum atomic E-state index is 12.1. The van der Waals surface area contributed by atoms with E-state index in [4.69, 9.17) is 4.74 Å². The van der Waals surface area contributed by atoms with E-state index in [2.05, 4.69) is 62.6 Å². The molecule has 0 aromatic heterocycles. The molecule has 0 aliphatic heterocycles. The molecule has 2 N–H and O–H groups in total. The average Bonchev–Trinajstić information content (AvgIpc) is 2.55. The summed E-state index contributed by atoms with van der Waals surface area (Å²) in [4.78, 5) is 12.1. The molecular formula is C23H38N2O2. The lowest BCUT2D eigenvalue weighted by Gasteiger charge is -2.38. The van der Waals surface area contributed by atoms with Crippen molar-refractivity contribution in [1.82, 2.24) is 5.32 Å². The SMILES string of the molecule is CCC(C)(C)c1ccc(NC2CCC(C)(NC(=O)OC(C)(C)C)CC2)cc1. The molecule has 0 radical (unpaired) electrons. The van der Waals surface area contributed by atoms with Crippen molar-refractivity contribution in [3.63, 3.8) is 0 Å². The number of ether oxygens (including phenoxy) is 1. The molecule has 27 heavy (non-hydrogen) atoms. The molecule has 1 fully saturated rings. The van der Waals surface area contributed by atoms with Crippen LogP contribution in [0.5, 0.6) is 0 Å². The Morgan fingerprint density at radius 3 is 2.15 bits per heavy atom. The molecular weight excluding hydrogens is 336 g/mol. The maximum absolute atomic E-state index is 12.1. The quantitative estimate of drug-likeness (QED) is 0.663. The highest BCUT2D eigenvalue weighted by Crippen LogP contribution is 2.31. The first kappa shape index (κ1) is 21.6. The van der Waals surface area contributed by atoms with Crippen LogP contribution in [0.4, 0.5) is 10.5 Å². The van der Waals surface area contributed by atoms with Crippen LogP contribution in [0.1, 0.15) is 86.1 Å². The summed E-state index contributed by atoms with van der Waals surface area (Å²) in [6, 6.07) is 9.31. The molecule has 1 aromatic carbocycles. The van der Waals surface area contributed by atoms with E-state index in [0.29, 0.717) is 6.04 Å². The van der Waals surface area contributed by atoms with Gasteiger partial charge in [-0.15, -0.1) is 0 Å². The third-order valence-electron chi connectivity index (χ3n) is 5.81. The number of benzene rings is 1. The minimum Gasteiger partial charge on any atom is -0.444 e. The minimum absolute atomic E-state index is 0.185. The number of alkyl carbamates (subject to hydrolysis) is 1. The zero-order chi connectivity index (χ0) is 20.3. The highest BCUT2D eigenvalue weighted by Gasteiger charge is 2.33. The molecule has 0 atom stereocenters. The van der Waals surface area contributed by atoms with Gasteiger partial charge in [0.1, 0.15) is 5.60 Å². The molecule has 1 saturated carbocycles. The van der Waals surface area contributed by atoms with Crippen LogP contribution in [0.3, 0.4) is 0 Å². The molecule has 152 valence electrons. The van der Waals surface area contributed by atoms with Crippen LogP contribution in [0.25, 0.3) is 0 Å². The first-order valence-electron chi connectivity index (χ1n) is 10.3. The van der Waals surface area contributed by atoms with Crippen LogP contribution in [0.15, 0.2) is 24.3 Å². The van der Waals surface area contributed by atoms with Gasteiger partial charge < -0.3 is 15.4 Å². The van der Waals surface area contributed by atoms with E-state index in [0.717, 1.165) is 32.1 Å². The van der Waals surface area contributed by atoms with Gasteiger partial charge in [0.05, 0.1) is 0 Å². The van der Waals surface area contributed by atoms with Crippen LogP contribution in [-0.4, -0.2) is 23.3 Å². The van der Waals surface area contributed by atoms with Crippen LogP contribution in [0, 0.1) is 0 Å². The van der Waals surface area contributed by atoms with Crippen molar-refractivity contribution < 1.29 is 9.53 Å². The second-order valence-electron chi connectivity index (χ2n) is 9.92. The summed E-state index contributed by atoms with van der Waals surface area (Å²) < 4.78 is 5.41. The van der Waals surface area contributed by atoms with Gasteiger partial charge in [-0.2, -0.15) is 0 Å². The van der Waals surface area contributed by atoms with Gasteiger partial charge >= 0.3 is 6.09 Å². The first-order chi connectivity index (χ1) is 12.4. The molecule has 4 heteroatoms. The van der Waals surface area contributed by atoms with Crippen LogP contribution < -0.4 is 10.6 Å². The summed E-state index contributed by atoms with van der Waals surface area (Å²) in [7, 11) is 0. The molecule has 1 aromatic rings.